The molecule has 0 spiro atoms. The number of nitrogens with zero attached hydrogens (tertiary/aromatic N) is 4. The largest absolute Gasteiger partial charge is 0.308 e. The van der Waals surface area contributed by atoms with Crippen LogP contribution in [0.1, 0.15) is 30.6 Å². The minimum absolute atomic E-state index is 0.0571. The predicted molar refractivity (Wildman–Crippen MR) is 84.1 cm³/mol. The van der Waals surface area contributed by atoms with Crippen molar-refractivity contribution in [2.24, 2.45) is 7.05 Å². The first-order valence-corrected chi connectivity index (χ1v) is 7.35. The fourth-order valence-electron chi connectivity index (χ4n) is 2.80. The van der Waals surface area contributed by atoms with Crippen LogP contribution in [0.25, 0.3) is 10.9 Å². The van der Waals surface area contributed by atoms with E-state index in [-0.39, 0.29) is 6.04 Å². The van der Waals surface area contributed by atoms with Crippen LogP contribution in [0.3, 0.4) is 0 Å². The Bertz CT molecular complexity index is 740. The molecule has 0 saturated carbocycles. The zero-order valence-electron chi connectivity index (χ0n) is 12.7. The summed E-state index contributed by atoms with van der Waals surface area (Å²) >= 11 is 0. The molecular formula is C16H21N5. The Hall–Kier alpha value is -2.14. The van der Waals surface area contributed by atoms with Crippen molar-refractivity contribution in [2.45, 2.75) is 25.9 Å². The summed E-state index contributed by atoms with van der Waals surface area (Å²) in [6.07, 6.45) is 5.12. The van der Waals surface area contributed by atoms with Crippen molar-refractivity contribution in [2.75, 3.05) is 7.05 Å². The van der Waals surface area contributed by atoms with Crippen LogP contribution >= 0.6 is 0 Å². The van der Waals surface area contributed by atoms with Gasteiger partial charge in [0.05, 0.1) is 23.4 Å². The lowest BCUT2D eigenvalue weighted by Crippen LogP contribution is -2.18. The van der Waals surface area contributed by atoms with Gasteiger partial charge < -0.3 is 5.32 Å². The van der Waals surface area contributed by atoms with Crippen molar-refractivity contribution < 1.29 is 0 Å². The number of para-hydroxylation sites is 1. The molecule has 2 heterocycles. The quantitative estimate of drug-likeness (QED) is 0.782. The summed E-state index contributed by atoms with van der Waals surface area (Å²) in [7, 11) is 3.95. The molecule has 0 aliphatic carbocycles. The van der Waals surface area contributed by atoms with Gasteiger partial charge in [-0.05, 0) is 19.5 Å². The van der Waals surface area contributed by atoms with Crippen LogP contribution in [0.2, 0.25) is 0 Å². The Labute approximate surface area is 124 Å². The summed E-state index contributed by atoms with van der Waals surface area (Å²) in [5, 5.41) is 13.7. The number of aryl methyl sites for hydroxylation is 2. The molecule has 0 aliphatic heterocycles. The first-order chi connectivity index (χ1) is 10.2. The summed E-state index contributed by atoms with van der Waals surface area (Å²) in [4.78, 5) is 0. The van der Waals surface area contributed by atoms with Crippen molar-refractivity contribution in [1.29, 1.82) is 0 Å². The fraction of sp³-hybridized carbons (Fsp3) is 0.375. The van der Waals surface area contributed by atoms with Crippen LogP contribution in [0, 0.1) is 0 Å². The van der Waals surface area contributed by atoms with Gasteiger partial charge in [-0.15, -0.1) is 0 Å². The lowest BCUT2D eigenvalue weighted by molar-refractivity contribution is 0.599. The minimum Gasteiger partial charge on any atom is -0.308 e. The molecule has 0 bridgehead atoms. The molecule has 2 aromatic heterocycles. The Morgan fingerprint density at radius 2 is 2.10 bits per heavy atom. The first-order valence-electron chi connectivity index (χ1n) is 7.35. The summed E-state index contributed by atoms with van der Waals surface area (Å²) in [6.45, 7) is 3.10. The molecule has 1 aromatic carbocycles. The van der Waals surface area contributed by atoms with Crippen LogP contribution in [0.5, 0.6) is 0 Å². The van der Waals surface area contributed by atoms with Gasteiger partial charge in [-0.1, -0.05) is 25.1 Å². The third-order valence-corrected chi connectivity index (χ3v) is 3.79. The molecule has 1 unspecified atom stereocenters. The number of hydrogen-bond donors (Lipinski definition) is 1. The second-order valence-corrected chi connectivity index (χ2v) is 5.28. The van der Waals surface area contributed by atoms with Gasteiger partial charge in [0.25, 0.3) is 0 Å². The van der Waals surface area contributed by atoms with E-state index in [0.717, 1.165) is 29.7 Å². The average molecular weight is 283 g/mol. The number of benzene rings is 1. The molecule has 21 heavy (non-hydrogen) atoms. The van der Waals surface area contributed by atoms with Crippen LogP contribution in [-0.2, 0) is 13.6 Å². The van der Waals surface area contributed by atoms with E-state index < -0.39 is 0 Å². The van der Waals surface area contributed by atoms with Crippen molar-refractivity contribution in [3.05, 3.63) is 47.9 Å². The number of aromatic nitrogens is 4. The van der Waals surface area contributed by atoms with Crippen molar-refractivity contribution in [3.63, 3.8) is 0 Å². The van der Waals surface area contributed by atoms with Crippen LogP contribution < -0.4 is 5.32 Å². The lowest BCUT2D eigenvalue weighted by Gasteiger charge is -2.12. The third-order valence-electron chi connectivity index (χ3n) is 3.79. The number of hydrogen-bond acceptors (Lipinski definition) is 3. The molecule has 110 valence electrons. The van der Waals surface area contributed by atoms with E-state index in [1.807, 2.05) is 35.7 Å². The van der Waals surface area contributed by atoms with Crippen molar-refractivity contribution >= 4 is 10.9 Å². The fourth-order valence-corrected chi connectivity index (χ4v) is 2.80. The first kappa shape index (κ1) is 13.8. The molecular weight excluding hydrogens is 262 g/mol. The van der Waals surface area contributed by atoms with Crippen molar-refractivity contribution in [1.82, 2.24) is 24.9 Å². The van der Waals surface area contributed by atoms with Gasteiger partial charge in [-0.3, -0.25) is 9.36 Å². The van der Waals surface area contributed by atoms with E-state index >= 15 is 0 Å². The molecule has 1 N–H and O–H groups in total. The maximum absolute atomic E-state index is 4.71. The molecule has 0 fully saturated rings. The van der Waals surface area contributed by atoms with E-state index in [9.17, 15) is 0 Å². The molecule has 0 amide bonds. The Balaban J connectivity index is 2.05. The highest BCUT2D eigenvalue weighted by atomic mass is 15.3. The summed E-state index contributed by atoms with van der Waals surface area (Å²) < 4.78 is 3.93. The van der Waals surface area contributed by atoms with Gasteiger partial charge in [0, 0.05) is 30.7 Å². The summed E-state index contributed by atoms with van der Waals surface area (Å²) in [5.41, 5.74) is 3.34. The second kappa shape index (κ2) is 5.69. The highest BCUT2D eigenvalue weighted by Crippen LogP contribution is 2.27. The normalized spacial score (nSPS) is 12.9. The maximum atomic E-state index is 4.71. The number of fused-ring (bicyclic) bond motifs is 1. The molecule has 3 rings (SSSR count). The topological polar surface area (TPSA) is 47.7 Å². The van der Waals surface area contributed by atoms with Crippen molar-refractivity contribution in [3.8, 4) is 0 Å². The minimum atomic E-state index is 0.0571. The second-order valence-electron chi connectivity index (χ2n) is 5.28. The smallest absolute Gasteiger partial charge is 0.0919 e. The summed E-state index contributed by atoms with van der Waals surface area (Å²) in [5.74, 6) is 0. The Morgan fingerprint density at radius 1 is 1.29 bits per heavy atom. The summed E-state index contributed by atoms with van der Waals surface area (Å²) in [6, 6.07) is 8.38. The van der Waals surface area contributed by atoms with Gasteiger partial charge in [0.15, 0.2) is 0 Å². The number of rotatable bonds is 5. The van der Waals surface area contributed by atoms with Gasteiger partial charge in [-0.25, -0.2) is 0 Å². The van der Waals surface area contributed by atoms with Crippen LogP contribution in [0.4, 0.5) is 0 Å². The molecule has 0 radical (unpaired) electrons. The highest BCUT2D eigenvalue weighted by molar-refractivity contribution is 5.82. The SMILES string of the molecule is CCCn1cc(C(NC)c2nn(C)c3ccccc23)cn1. The molecule has 5 nitrogen and oxygen atoms in total. The molecule has 0 saturated heterocycles. The van der Waals surface area contributed by atoms with E-state index in [1.165, 1.54) is 5.39 Å². The maximum Gasteiger partial charge on any atom is 0.0919 e. The number of nitrogens with one attached hydrogen (secondary N) is 1. The molecule has 3 aromatic rings. The zero-order valence-corrected chi connectivity index (χ0v) is 12.7. The van der Waals surface area contributed by atoms with E-state index in [4.69, 9.17) is 5.10 Å². The lowest BCUT2D eigenvalue weighted by atomic mass is 10.0. The van der Waals surface area contributed by atoms with E-state index in [1.54, 1.807) is 0 Å². The van der Waals surface area contributed by atoms with Gasteiger partial charge >= 0.3 is 0 Å². The Kier molecular flexibility index (Phi) is 3.75. The predicted octanol–water partition coefficient (Wildman–Crippen LogP) is 2.49. The van der Waals surface area contributed by atoms with Crippen LogP contribution in [0.15, 0.2) is 36.7 Å². The zero-order chi connectivity index (χ0) is 14.8. The van der Waals surface area contributed by atoms with Gasteiger partial charge in [-0.2, -0.15) is 10.2 Å². The average Bonchev–Trinajstić information content (AvgIpc) is 3.08. The van der Waals surface area contributed by atoms with E-state index in [0.29, 0.717) is 0 Å². The third kappa shape index (κ3) is 2.45. The highest BCUT2D eigenvalue weighted by Gasteiger charge is 2.20. The standard InChI is InChI=1S/C16H21N5/c1-4-9-21-11-12(10-18-21)15(17-2)16-13-7-5-6-8-14(13)20(3)19-16/h5-8,10-11,15,17H,4,9H2,1-3H3. The molecule has 0 aliphatic rings. The molecule has 1 atom stereocenters. The monoisotopic (exact) mass is 283 g/mol. The van der Waals surface area contributed by atoms with Gasteiger partial charge in [0.2, 0.25) is 0 Å². The van der Waals surface area contributed by atoms with Crippen LogP contribution in [-0.4, -0.2) is 26.6 Å². The van der Waals surface area contributed by atoms with Gasteiger partial charge in [0.1, 0.15) is 0 Å². The molecule has 5 heteroatoms. The van der Waals surface area contributed by atoms with E-state index in [2.05, 4.69) is 41.7 Å². The Morgan fingerprint density at radius 3 is 2.86 bits per heavy atom.